The number of hydrogen-bond acceptors (Lipinski definition) is 2. The lowest BCUT2D eigenvalue weighted by atomic mass is 9.74. The van der Waals surface area contributed by atoms with Gasteiger partial charge in [-0.05, 0) is 17.9 Å². The molecule has 132 valence electrons. The second-order valence-corrected chi connectivity index (χ2v) is 7.18. The van der Waals surface area contributed by atoms with Crippen LogP contribution >= 0.6 is 0 Å². The summed E-state index contributed by atoms with van der Waals surface area (Å²) in [4.78, 5) is 12.2. The smallest absolute Gasteiger partial charge is 0.393 e. The van der Waals surface area contributed by atoms with E-state index >= 15 is 0 Å². The third-order valence-electron chi connectivity index (χ3n) is 4.80. The lowest BCUT2D eigenvalue weighted by Gasteiger charge is -2.31. The van der Waals surface area contributed by atoms with E-state index in [1.807, 2.05) is 30.3 Å². The molecule has 1 aliphatic rings. The summed E-state index contributed by atoms with van der Waals surface area (Å²) in [5, 5.41) is 0. The van der Waals surface area contributed by atoms with Gasteiger partial charge in [-0.3, -0.25) is 4.79 Å². The molecule has 1 unspecified atom stereocenters. The van der Waals surface area contributed by atoms with Crippen molar-refractivity contribution in [2.45, 2.75) is 33.9 Å². The molecule has 0 heterocycles. The average molecular weight is 340 g/mol. The van der Waals surface area contributed by atoms with Crippen molar-refractivity contribution in [1.29, 1.82) is 0 Å². The first-order valence-corrected chi connectivity index (χ1v) is 8.03. The zero-order chi connectivity index (χ0) is 18.2. The summed E-state index contributed by atoms with van der Waals surface area (Å²) in [5.74, 6) is -3.69. The average Bonchev–Trinajstić information content (AvgIpc) is 3.17. The molecule has 2 nitrogen and oxygen atoms in total. The van der Waals surface area contributed by atoms with Gasteiger partial charge in [0.2, 0.25) is 0 Å². The van der Waals surface area contributed by atoms with Crippen LogP contribution in [0.4, 0.5) is 13.2 Å². The van der Waals surface area contributed by atoms with Gasteiger partial charge in [0.05, 0.1) is 18.4 Å². The van der Waals surface area contributed by atoms with Crippen LogP contribution in [-0.2, 0) is 9.53 Å². The van der Waals surface area contributed by atoms with Gasteiger partial charge in [0.15, 0.2) is 0 Å². The Morgan fingerprint density at radius 1 is 1.21 bits per heavy atom. The maximum atomic E-state index is 13.6. The third kappa shape index (κ3) is 3.21. The molecule has 1 fully saturated rings. The fourth-order valence-electron chi connectivity index (χ4n) is 3.62. The predicted octanol–water partition coefficient (Wildman–Crippen LogP) is 5.10. The monoisotopic (exact) mass is 340 g/mol. The van der Waals surface area contributed by atoms with Crippen LogP contribution < -0.4 is 0 Å². The molecule has 0 amide bonds. The Balaban J connectivity index is 2.46. The van der Waals surface area contributed by atoms with Crippen molar-refractivity contribution in [1.82, 2.24) is 0 Å². The fourth-order valence-corrected chi connectivity index (χ4v) is 3.62. The molecule has 0 N–H and O–H groups in total. The molecule has 2 rings (SSSR count). The highest BCUT2D eigenvalue weighted by Crippen LogP contribution is 2.73. The van der Waals surface area contributed by atoms with Crippen LogP contribution in [0.25, 0.3) is 6.08 Å². The molecular weight excluding hydrogens is 317 g/mol. The second-order valence-electron chi connectivity index (χ2n) is 7.18. The Kier molecular flexibility index (Phi) is 4.84. The summed E-state index contributed by atoms with van der Waals surface area (Å²) in [6, 6.07) is 9.11. The molecule has 0 bridgehead atoms. The van der Waals surface area contributed by atoms with Gasteiger partial charge in [-0.2, -0.15) is 13.2 Å². The Morgan fingerprint density at radius 3 is 2.25 bits per heavy atom. The highest BCUT2D eigenvalue weighted by Gasteiger charge is 2.80. The van der Waals surface area contributed by atoms with Crippen molar-refractivity contribution in [2.24, 2.45) is 22.7 Å². The number of carbonyl (C=O) groups is 1. The minimum atomic E-state index is -4.45. The van der Waals surface area contributed by atoms with E-state index in [-0.39, 0.29) is 6.61 Å². The van der Waals surface area contributed by atoms with Crippen molar-refractivity contribution in [3.8, 4) is 0 Å². The molecule has 0 saturated heterocycles. The van der Waals surface area contributed by atoms with E-state index < -0.39 is 34.8 Å². The summed E-state index contributed by atoms with van der Waals surface area (Å²) in [7, 11) is 0. The molecular formula is C19H23F3O2. The Bertz CT molecular complexity index is 614. The van der Waals surface area contributed by atoms with Crippen molar-refractivity contribution in [3.05, 3.63) is 42.0 Å². The number of esters is 1. The van der Waals surface area contributed by atoms with Gasteiger partial charge in [0, 0.05) is 5.41 Å². The first-order valence-electron chi connectivity index (χ1n) is 8.03. The van der Waals surface area contributed by atoms with Crippen molar-refractivity contribution < 1.29 is 22.7 Å². The molecule has 1 saturated carbocycles. The van der Waals surface area contributed by atoms with Gasteiger partial charge in [0.25, 0.3) is 0 Å². The fraction of sp³-hybridized carbons (Fsp3) is 0.526. The highest BCUT2D eigenvalue weighted by molar-refractivity contribution is 5.80. The van der Waals surface area contributed by atoms with E-state index in [4.69, 9.17) is 4.74 Å². The van der Waals surface area contributed by atoms with Crippen molar-refractivity contribution in [3.63, 3.8) is 0 Å². The van der Waals surface area contributed by atoms with Gasteiger partial charge in [0.1, 0.15) is 0 Å². The van der Waals surface area contributed by atoms with Crippen molar-refractivity contribution >= 4 is 12.0 Å². The van der Waals surface area contributed by atoms with Crippen LogP contribution in [-0.4, -0.2) is 18.8 Å². The minimum absolute atomic E-state index is 0.0720. The van der Waals surface area contributed by atoms with Crippen molar-refractivity contribution in [2.75, 3.05) is 6.61 Å². The van der Waals surface area contributed by atoms with Gasteiger partial charge in [-0.15, -0.1) is 0 Å². The topological polar surface area (TPSA) is 26.3 Å². The van der Waals surface area contributed by atoms with E-state index in [0.717, 1.165) is 5.56 Å². The molecule has 1 aromatic carbocycles. The number of rotatable bonds is 4. The van der Waals surface area contributed by atoms with Gasteiger partial charge >= 0.3 is 12.1 Å². The molecule has 0 aliphatic heterocycles. The zero-order valence-electron chi connectivity index (χ0n) is 14.4. The lowest BCUT2D eigenvalue weighted by molar-refractivity contribution is -0.166. The third-order valence-corrected chi connectivity index (χ3v) is 4.80. The Morgan fingerprint density at radius 2 is 1.79 bits per heavy atom. The van der Waals surface area contributed by atoms with Crippen LogP contribution in [0, 0.1) is 22.7 Å². The molecule has 3 atom stereocenters. The maximum absolute atomic E-state index is 13.6. The largest absolute Gasteiger partial charge is 0.466 e. The summed E-state index contributed by atoms with van der Waals surface area (Å²) in [5.41, 5.74) is -1.24. The first kappa shape index (κ1) is 18.6. The van der Waals surface area contributed by atoms with E-state index in [1.165, 1.54) is 0 Å². The normalized spacial score (nSPS) is 27.3. The minimum Gasteiger partial charge on any atom is -0.466 e. The zero-order valence-corrected chi connectivity index (χ0v) is 14.4. The summed E-state index contributed by atoms with van der Waals surface area (Å²) >= 11 is 0. The van der Waals surface area contributed by atoms with Crippen LogP contribution in [0.5, 0.6) is 0 Å². The van der Waals surface area contributed by atoms with Crippen LogP contribution in [0.1, 0.15) is 33.3 Å². The highest BCUT2D eigenvalue weighted by atomic mass is 19.4. The first-order chi connectivity index (χ1) is 11.1. The maximum Gasteiger partial charge on any atom is 0.393 e. The molecule has 5 heteroatoms. The molecule has 0 spiro atoms. The number of hydrogen-bond donors (Lipinski definition) is 0. The Hall–Kier alpha value is -1.78. The summed E-state index contributed by atoms with van der Waals surface area (Å²) in [6.07, 6.45) is -1.23. The lowest BCUT2D eigenvalue weighted by Crippen LogP contribution is -2.28. The molecule has 0 aromatic heterocycles. The molecule has 24 heavy (non-hydrogen) atoms. The van der Waals surface area contributed by atoms with Crippen LogP contribution in [0.3, 0.4) is 0 Å². The predicted molar refractivity (Wildman–Crippen MR) is 87.0 cm³/mol. The van der Waals surface area contributed by atoms with Crippen LogP contribution in [0.2, 0.25) is 0 Å². The number of benzene rings is 1. The summed E-state index contributed by atoms with van der Waals surface area (Å²) in [6.45, 7) is 6.88. The second kappa shape index (κ2) is 6.26. The van der Waals surface area contributed by atoms with Crippen LogP contribution in [0.15, 0.2) is 36.4 Å². The number of carbonyl (C=O) groups excluding carboxylic acids is 1. The SMILES string of the molecule is CCOC(=O)[C@H]1[C@@H](C(F)(F)F)C1(/C=C/c1ccccc1)C(C)(C)C. The molecule has 1 aromatic rings. The standard InChI is InChI=1S/C19H23F3O2/c1-5-24-16(23)14-15(19(20,21)22)18(14,17(2,3)4)12-11-13-9-7-6-8-10-13/h6-12,14-15H,5H2,1-4H3/b12-11+/t14-,15-,18?/m1/s1. The number of alkyl halides is 3. The van der Waals surface area contributed by atoms with Gasteiger partial charge in [-0.1, -0.05) is 63.3 Å². The quantitative estimate of drug-likeness (QED) is 0.713. The number of ether oxygens (including phenoxy) is 1. The van der Waals surface area contributed by atoms with Gasteiger partial charge in [-0.25, -0.2) is 0 Å². The molecule has 1 aliphatic carbocycles. The molecule has 0 radical (unpaired) electrons. The van der Waals surface area contributed by atoms with E-state index in [1.54, 1.807) is 39.8 Å². The number of allylic oxidation sites excluding steroid dienone is 1. The van der Waals surface area contributed by atoms with E-state index in [0.29, 0.717) is 0 Å². The number of halogens is 3. The van der Waals surface area contributed by atoms with Gasteiger partial charge < -0.3 is 4.74 Å². The van der Waals surface area contributed by atoms with E-state index in [2.05, 4.69) is 0 Å². The Labute approximate surface area is 140 Å². The summed E-state index contributed by atoms with van der Waals surface area (Å²) < 4.78 is 45.7. The van der Waals surface area contributed by atoms with E-state index in [9.17, 15) is 18.0 Å².